The maximum atomic E-state index is 6.54. The highest BCUT2D eigenvalue weighted by Crippen LogP contribution is 2.34. The van der Waals surface area contributed by atoms with Crippen LogP contribution in [0.3, 0.4) is 0 Å². The average molecular weight is 580 g/mol. The number of halogens is 1. The summed E-state index contributed by atoms with van der Waals surface area (Å²) in [4.78, 5) is 11.8. The Morgan fingerprint density at radius 3 is 2.60 bits per heavy atom. The van der Waals surface area contributed by atoms with Crippen LogP contribution in [0.4, 0.5) is 11.4 Å². The van der Waals surface area contributed by atoms with E-state index in [1.54, 1.807) is 0 Å². The molecule has 2 aromatic heterocycles. The number of para-hydroxylation sites is 1. The zero-order valence-electron chi connectivity index (χ0n) is 23.4. The Morgan fingerprint density at radius 2 is 1.79 bits per heavy atom. The first kappa shape index (κ1) is 28.1. The molecule has 0 amide bonds. The summed E-state index contributed by atoms with van der Waals surface area (Å²) in [6.07, 6.45) is 4.90. The topological polar surface area (TPSA) is 71.5 Å². The van der Waals surface area contributed by atoms with Crippen LogP contribution >= 0.6 is 11.6 Å². The van der Waals surface area contributed by atoms with Crippen LogP contribution in [0.5, 0.6) is 11.5 Å². The number of morpholine rings is 1. The fourth-order valence-electron chi connectivity index (χ4n) is 5.03. The second kappa shape index (κ2) is 13.8. The molecule has 0 aliphatic carbocycles. The summed E-state index contributed by atoms with van der Waals surface area (Å²) in [7, 11) is 0. The Balaban J connectivity index is 1.07. The van der Waals surface area contributed by atoms with Crippen molar-refractivity contribution >= 4 is 33.9 Å². The second-order valence-corrected chi connectivity index (χ2v) is 10.7. The summed E-state index contributed by atoms with van der Waals surface area (Å²) in [5.41, 5.74) is 5.83. The van der Waals surface area contributed by atoms with Gasteiger partial charge in [0.25, 0.3) is 0 Å². The van der Waals surface area contributed by atoms with Gasteiger partial charge in [0, 0.05) is 54.4 Å². The number of ether oxygens (including phenoxy) is 2. The zero-order chi connectivity index (χ0) is 28.6. The van der Waals surface area contributed by atoms with Gasteiger partial charge >= 0.3 is 0 Å². The van der Waals surface area contributed by atoms with E-state index in [2.05, 4.69) is 50.8 Å². The standard InChI is InChI=1S/C34H34ClN5O2/c35-30-22-27(9-12-34(30)42-28-5-2-1-3-6-28)39-32-13-15-37-33-21-26(8-10-29(32)33)31-11-7-25(24-38-31)23-36-14-4-16-40-17-19-41-20-18-40/h1-3,5-13,15,21-22,24,36H,4,14,16-20,23H2,(H,37,39). The predicted molar refractivity (Wildman–Crippen MR) is 170 cm³/mol. The molecule has 42 heavy (non-hydrogen) atoms. The van der Waals surface area contributed by atoms with Gasteiger partial charge in [-0.3, -0.25) is 14.9 Å². The fourth-order valence-corrected chi connectivity index (χ4v) is 5.25. The molecule has 0 radical (unpaired) electrons. The van der Waals surface area contributed by atoms with Gasteiger partial charge in [-0.05, 0) is 73.6 Å². The van der Waals surface area contributed by atoms with Crippen molar-refractivity contribution in [2.24, 2.45) is 0 Å². The molecule has 1 saturated heterocycles. The van der Waals surface area contributed by atoms with Gasteiger partial charge in [-0.25, -0.2) is 0 Å². The Bertz CT molecular complexity index is 1610. The van der Waals surface area contributed by atoms with Gasteiger partial charge in [-0.15, -0.1) is 0 Å². The number of benzene rings is 3. The molecular weight excluding hydrogens is 546 g/mol. The number of hydrogen-bond acceptors (Lipinski definition) is 7. The number of hydrogen-bond donors (Lipinski definition) is 2. The lowest BCUT2D eigenvalue weighted by molar-refractivity contribution is 0.0374. The number of nitrogens with zero attached hydrogens (tertiary/aromatic N) is 3. The van der Waals surface area contributed by atoms with Crippen LogP contribution in [-0.4, -0.2) is 54.3 Å². The molecule has 7 nitrogen and oxygen atoms in total. The lowest BCUT2D eigenvalue weighted by atomic mass is 10.1. The third-order valence-electron chi connectivity index (χ3n) is 7.31. The Hall–Kier alpha value is -4.01. The maximum Gasteiger partial charge on any atom is 0.146 e. The number of rotatable bonds is 11. The van der Waals surface area contributed by atoms with Gasteiger partial charge in [0.2, 0.25) is 0 Å². The molecule has 1 aliphatic heterocycles. The smallest absolute Gasteiger partial charge is 0.146 e. The summed E-state index contributed by atoms with van der Waals surface area (Å²) >= 11 is 6.54. The fraction of sp³-hybridized carbons (Fsp3) is 0.235. The summed E-state index contributed by atoms with van der Waals surface area (Å²) in [5.74, 6) is 1.35. The molecule has 5 aromatic rings. The van der Waals surface area contributed by atoms with E-state index < -0.39 is 0 Å². The quantitative estimate of drug-likeness (QED) is 0.159. The SMILES string of the molecule is Clc1cc(Nc2ccnc3cc(-c4ccc(CNCCCN5CCOCC5)cn4)ccc23)ccc1Oc1ccccc1. The van der Waals surface area contributed by atoms with Gasteiger partial charge in [-0.2, -0.15) is 0 Å². The minimum Gasteiger partial charge on any atom is -0.456 e. The summed E-state index contributed by atoms with van der Waals surface area (Å²) < 4.78 is 11.3. The molecule has 0 spiro atoms. The minimum absolute atomic E-state index is 0.530. The maximum absolute atomic E-state index is 6.54. The second-order valence-electron chi connectivity index (χ2n) is 10.3. The van der Waals surface area contributed by atoms with Gasteiger partial charge in [0.05, 0.1) is 29.4 Å². The van der Waals surface area contributed by atoms with Crippen molar-refractivity contribution in [2.45, 2.75) is 13.0 Å². The first-order valence-electron chi connectivity index (χ1n) is 14.4. The highest BCUT2D eigenvalue weighted by Gasteiger charge is 2.10. The van der Waals surface area contributed by atoms with E-state index in [9.17, 15) is 0 Å². The van der Waals surface area contributed by atoms with Crippen molar-refractivity contribution in [3.8, 4) is 22.8 Å². The van der Waals surface area contributed by atoms with E-state index in [0.29, 0.717) is 10.8 Å². The molecule has 6 rings (SSSR count). The first-order valence-corrected chi connectivity index (χ1v) is 14.7. The van der Waals surface area contributed by atoms with Crippen molar-refractivity contribution < 1.29 is 9.47 Å². The van der Waals surface area contributed by atoms with Gasteiger partial charge in [0.15, 0.2) is 0 Å². The highest BCUT2D eigenvalue weighted by molar-refractivity contribution is 6.32. The molecule has 214 valence electrons. The van der Waals surface area contributed by atoms with Gasteiger partial charge in [-0.1, -0.05) is 48.0 Å². The molecule has 2 N–H and O–H groups in total. The molecule has 1 aliphatic rings. The lowest BCUT2D eigenvalue weighted by Crippen LogP contribution is -2.37. The minimum atomic E-state index is 0.530. The number of anilines is 2. The van der Waals surface area contributed by atoms with Crippen molar-refractivity contribution in [1.82, 2.24) is 20.2 Å². The van der Waals surface area contributed by atoms with Crippen molar-refractivity contribution in [3.63, 3.8) is 0 Å². The van der Waals surface area contributed by atoms with Crippen LogP contribution in [0.1, 0.15) is 12.0 Å². The number of aromatic nitrogens is 2. The Kier molecular flexibility index (Phi) is 9.22. The molecule has 0 bridgehead atoms. The van der Waals surface area contributed by atoms with Crippen LogP contribution < -0.4 is 15.4 Å². The van der Waals surface area contributed by atoms with E-state index in [1.165, 1.54) is 5.56 Å². The molecule has 3 heterocycles. The average Bonchev–Trinajstić information content (AvgIpc) is 3.03. The van der Waals surface area contributed by atoms with Crippen LogP contribution in [-0.2, 0) is 11.3 Å². The van der Waals surface area contributed by atoms with E-state index in [4.69, 9.17) is 26.1 Å². The van der Waals surface area contributed by atoms with E-state index >= 15 is 0 Å². The third kappa shape index (κ3) is 7.24. The third-order valence-corrected chi connectivity index (χ3v) is 7.60. The van der Waals surface area contributed by atoms with Crippen molar-refractivity contribution in [2.75, 3.05) is 44.7 Å². The Morgan fingerprint density at radius 1 is 0.905 bits per heavy atom. The predicted octanol–water partition coefficient (Wildman–Crippen LogP) is 7.30. The van der Waals surface area contributed by atoms with Gasteiger partial charge in [0.1, 0.15) is 11.5 Å². The van der Waals surface area contributed by atoms with Crippen LogP contribution in [0.25, 0.3) is 22.2 Å². The lowest BCUT2D eigenvalue weighted by Gasteiger charge is -2.26. The van der Waals surface area contributed by atoms with Crippen molar-refractivity contribution in [3.05, 3.63) is 108 Å². The molecule has 0 saturated carbocycles. The summed E-state index contributed by atoms with van der Waals surface area (Å²) in [6.45, 7) is 6.71. The molecule has 1 fully saturated rings. The number of pyridine rings is 2. The van der Waals surface area contributed by atoms with E-state index in [1.807, 2.05) is 67.0 Å². The molecule has 0 unspecified atom stereocenters. The number of nitrogens with one attached hydrogen (secondary N) is 2. The highest BCUT2D eigenvalue weighted by atomic mass is 35.5. The van der Waals surface area contributed by atoms with E-state index in [0.717, 1.165) is 91.6 Å². The van der Waals surface area contributed by atoms with Gasteiger partial charge < -0.3 is 20.1 Å². The monoisotopic (exact) mass is 579 g/mol. The van der Waals surface area contributed by atoms with Crippen molar-refractivity contribution in [1.29, 1.82) is 0 Å². The first-order chi connectivity index (χ1) is 20.7. The van der Waals surface area contributed by atoms with Crippen LogP contribution in [0, 0.1) is 0 Å². The zero-order valence-corrected chi connectivity index (χ0v) is 24.2. The molecular formula is C34H34ClN5O2. The molecule has 8 heteroatoms. The largest absolute Gasteiger partial charge is 0.456 e. The van der Waals surface area contributed by atoms with Crippen LogP contribution in [0.15, 0.2) is 97.3 Å². The number of fused-ring (bicyclic) bond motifs is 1. The Labute approximate surface area is 251 Å². The van der Waals surface area contributed by atoms with E-state index in [-0.39, 0.29) is 0 Å². The summed E-state index contributed by atoms with van der Waals surface area (Å²) in [6, 6.07) is 27.7. The summed E-state index contributed by atoms with van der Waals surface area (Å²) in [5, 5.41) is 8.56. The normalized spacial score (nSPS) is 13.7. The van der Waals surface area contributed by atoms with Crippen LogP contribution in [0.2, 0.25) is 5.02 Å². The molecule has 0 atom stereocenters. The molecule has 3 aromatic carbocycles.